The summed E-state index contributed by atoms with van der Waals surface area (Å²) in [5, 5.41) is 4.13. The van der Waals surface area contributed by atoms with Crippen molar-refractivity contribution in [3.8, 4) is 11.4 Å². The third kappa shape index (κ3) is 5.83. The largest absolute Gasteiger partial charge is 0.486 e. The summed E-state index contributed by atoms with van der Waals surface area (Å²) in [7, 11) is 0. The van der Waals surface area contributed by atoms with Crippen molar-refractivity contribution in [1.82, 2.24) is 9.99 Å². The van der Waals surface area contributed by atoms with Gasteiger partial charge in [0.15, 0.2) is 5.76 Å². The van der Waals surface area contributed by atoms with E-state index in [0.29, 0.717) is 5.76 Å². The molecule has 1 aliphatic heterocycles. The van der Waals surface area contributed by atoms with Crippen LogP contribution in [0.3, 0.4) is 0 Å². The average molecular weight is 511 g/mol. The van der Waals surface area contributed by atoms with E-state index in [9.17, 15) is 4.79 Å². The van der Waals surface area contributed by atoms with E-state index in [1.54, 1.807) is 18.3 Å². The fourth-order valence-corrected chi connectivity index (χ4v) is 4.87. The van der Waals surface area contributed by atoms with Crippen molar-refractivity contribution in [2.24, 2.45) is 5.10 Å². The Morgan fingerprint density at radius 3 is 2.34 bits per heavy atom. The number of amides is 1. The number of piperidine rings is 1. The van der Waals surface area contributed by atoms with Crippen LogP contribution >= 0.6 is 0 Å². The van der Waals surface area contributed by atoms with Gasteiger partial charge >= 0.3 is 5.91 Å². The lowest BCUT2D eigenvalue weighted by Crippen LogP contribution is -2.29. The summed E-state index contributed by atoms with van der Waals surface area (Å²) in [6.45, 7) is 8.67. The number of furan rings is 1. The van der Waals surface area contributed by atoms with Crippen molar-refractivity contribution in [2.75, 3.05) is 18.0 Å². The molecule has 3 heterocycles. The Kier molecular flexibility index (Phi) is 7.63. The number of nitrogens with zero attached hydrogens (tertiary/aromatic N) is 3. The molecule has 0 bridgehead atoms. The number of hydrogen-bond donors (Lipinski definition) is 1. The molecule has 7 nitrogen and oxygen atoms in total. The van der Waals surface area contributed by atoms with Gasteiger partial charge in [0.05, 0.1) is 6.21 Å². The van der Waals surface area contributed by atoms with Gasteiger partial charge in [-0.1, -0.05) is 6.07 Å². The maximum absolute atomic E-state index is 12.5. The van der Waals surface area contributed by atoms with Crippen molar-refractivity contribution < 1.29 is 13.9 Å². The highest BCUT2D eigenvalue weighted by Gasteiger charge is 2.13. The van der Waals surface area contributed by atoms with Gasteiger partial charge < -0.3 is 18.6 Å². The van der Waals surface area contributed by atoms with Gasteiger partial charge in [-0.25, -0.2) is 5.43 Å². The van der Waals surface area contributed by atoms with E-state index >= 15 is 0 Å². The fourth-order valence-electron chi connectivity index (χ4n) is 4.87. The van der Waals surface area contributed by atoms with Crippen LogP contribution in [0.4, 0.5) is 5.69 Å². The zero-order valence-corrected chi connectivity index (χ0v) is 22.2. The van der Waals surface area contributed by atoms with Gasteiger partial charge in [-0.05, 0) is 112 Å². The Bertz CT molecular complexity index is 1410. The molecule has 2 aromatic heterocycles. The molecule has 1 aliphatic rings. The van der Waals surface area contributed by atoms with Crippen LogP contribution in [0.1, 0.15) is 58.1 Å². The number of carbonyl (C=O) groups is 1. The molecule has 1 fully saturated rings. The standard InChI is InChI=1S/C31H34N4O3/c1-22-19-27(34-17-5-4-6-18-34)10-9-25(22)20-32-33-31(36)30-16-15-29(38-30)21-37-28-13-11-26(12-14-28)35-23(2)7-8-24(35)3/h7-16,19-20H,4-6,17-18,21H2,1-3H3,(H,33,36)/b32-20+. The van der Waals surface area contributed by atoms with E-state index in [1.165, 1.54) is 36.3 Å². The van der Waals surface area contributed by atoms with Crippen LogP contribution < -0.4 is 15.1 Å². The van der Waals surface area contributed by atoms with E-state index in [-0.39, 0.29) is 12.4 Å². The number of nitrogens with one attached hydrogen (secondary N) is 1. The Morgan fingerprint density at radius 1 is 0.921 bits per heavy atom. The molecule has 0 aliphatic carbocycles. The molecule has 0 atom stereocenters. The topological polar surface area (TPSA) is 72.0 Å². The number of ether oxygens (including phenoxy) is 1. The van der Waals surface area contributed by atoms with Gasteiger partial charge in [-0.15, -0.1) is 0 Å². The van der Waals surface area contributed by atoms with Crippen molar-refractivity contribution in [1.29, 1.82) is 0 Å². The zero-order valence-electron chi connectivity index (χ0n) is 22.2. The second-order valence-electron chi connectivity index (χ2n) is 9.79. The number of hydrogen-bond acceptors (Lipinski definition) is 5. The Morgan fingerprint density at radius 2 is 1.63 bits per heavy atom. The van der Waals surface area contributed by atoms with Crippen LogP contribution in [0.25, 0.3) is 5.69 Å². The molecule has 38 heavy (non-hydrogen) atoms. The first kappa shape index (κ1) is 25.4. The molecular weight excluding hydrogens is 476 g/mol. The first-order chi connectivity index (χ1) is 18.5. The lowest BCUT2D eigenvalue weighted by atomic mass is 10.1. The summed E-state index contributed by atoms with van der Waals surface area (Å²) in [5.74, 6) is 1.07. The smallest absolute Gasteiger partial charge is 0.307 e. The summed E-state index contributed by atoms with van der Waals surface area (Å²) < 4.78 is 13.7. The van der Waals surface area contributed by atoms with Gasteiger partial charge in [0.2, 0.25) is 0 Å². The quantitative estimate of drug-likeness (QED) is 0.222. The summed E-state index contributed by atoms with van der Waals surface area (Å²) in [6, 6.07) is 21.8. The number of aryl methyl sites for hydroxylation is 3. The molecule has 0 spiro atoms. The van der Waals surface area contributed by atoms with E-state index < -0.39 is 5.91 Å². The lowest BCUT2D eigenvalue weighted by Gasteiger charge is -2.29. The molecule has 0 unspecified atom stereocenters. The maximum Gasteiger partial charge on any atom is 0.307 e. The Hall–Kier alpha value is -4.26. The molecular formula is C31H34N4O3. The number of benzene rings is 2. The van der Waals surface area contributed by atoms with E-state index in [1.807, 2.05) is 30.3 Å². The molecule has 7 heteroatoms. The monoisotopic (exact) mass is 510 g/mol. The van der Waals surface area contributed by atoms with Crippen LogP contribution in [0.5, 0.6) is 5.75 Å². The number of hydrazone groups is 1. The van der Waals surface area contributed by atoms with Gasteiger partial charge in [0.1, 0.15) is 18.1 Å². The molecule has 1 amide bonds. The maximum atomic E-state index is 12.5. The molecule has 4 aromatic rings. The van der Waals surface area contributed by atoms with E-state index in [0.717, 1.165) is 35.7 Å². The number of anilines is 1. The third-order valence-electron chi connectivity index (χ3n) is 6.98. The van der Waals surface area contributed by atoms with Gasteiger partial charge in [0.25, 0.3) is 0 Å². The number of aromatic nitrogens is 1. The van der Waals surface area contributed by atoms with E-state index in [2.05, 4.69) is 65.0 Å². The SMILES string of the molecule is Cc1cc(N2CCCCC2)ccc1/C=N/NC(=O)c1ccc(COc2ccc(-n3c(C)ccc3C)cc2)o1. The number of rotatable bonds is 8. The predicted molar refractivity (Wildman–Crippen MR) is 151 cm³/mol. The van der Waals surface area contributed by atoms with Crippen molar-refractivity contribution in [2.45, 2.75) is 46.6 Å². The van der Waals surface area contributed by atoms with Crippen LogP contribution in [0.15, 0.2) is 76.2 Å². The predicted octanol–water partition coefficient (Wildman–Crippen LogP) is 6.33. The average Bonchev–Trinajstić information content (AvgIpc) is 3.55. The van der Waals surface area contributed by atoms with E-state index in [4.69, 9.17) is 9.15 Å². The van der Waals surface area contributed by atoms with Crippen LogP contribution in [-0.2, 0) is 6.61 Å². The van der Waals surface area contributed by atoms with Gasteiger partial charge in [-0.2, -0.15) is 5.10 Å². The second kappa shape index (κ2) is 11.4. The molecule has 2 aromatic carbocycles. The highest BCUT2D eigenvalue weighted by Crippen LogP contribution is 2.23. The lowest BCUT2D eigenvalue weighted by molar-refractivity contribution is 0.0923. The molecule has 0 radical (unpaired) electrons. The summed E-state index contributed by atoms with van der Waals surface area (Å²) in [6.07, 6.45) is 5.47. The normalized spacial score (nSPS) is 13.7. The molecule has 1 saturated heterocycles. The highest BCUT2D eigenvalue weighted by atomic mass is 16.5. The summed E-state index contributed by atoms with van der Waals surface area (Å²) >= 11 is 0. The highest BCUT2D eigenvalue weighted by molar-refractivity contribution is 5.92. The Labute approximate surface area is 223 Å². The summed E-state index contributed by atoms with van der Waals surface area (Å²) in [4.78, 5) is 14.9. The first-order valence-corrected chi connectivity index (χ1v) is 13.1. The third-order valence-corrected chi connectivity index (χ3v) is 6.98. The van der Waals surface area contributed by atoms with Crippen molar-refractivity contribution in [3.05, 3.63) is 101 Å². The van der Waals surface area contributed by atoms with Gasteiger partial charge in [-0.3, -0.25) is 4.79 Å². The zero-order chi connectivity index (χ0) is 26.5. The van der Waals surface area contributed by atoms with Gasteiger partial charge in [0, 0.05) is 35.9 Å². The van der Waals surface area contributed by atoms with Crippen molar-refractivity contribution in [3.63, 3.8) is 0 Å². The minimum Gasteiger partial charge on any atom is -0.486 e. The van der Waals surface area contributed by atoms with Crippen LogP contribution in [0.2, 0.25) is 0 Å². The van der Waals surface area contributed by atoms with Crippen molar-refractivity contribution >= 4 is 17.8 Å². The second-order valence-corrected chi connectivity index (χ2v) is 9.79. The van der Waals surface area contributed by atoms with Crippen LogP contribution in [-0.4, -0.2) is 29.8 Å². The molecule has 0 saturated carbocycles. The molecule has 5 rings (SSSR count). The molecule has 1 N–H and O–H groups in total. The van der Waals surface area contributed by atoms with Crippen LogP contribution in [0, 0.1) is 20.8 Å². The molecule has 196 valence electrons. The summed E-state index contributed by atoms with van der Waals surface area (Å²) in [5.41, 5.74) is 9.34. The Balaban J connectivity index is 1.13. The minimum atomic E-state index is -0.406. The number of carbonyl (C=O) groups excluding carboxylic acids is 1. The first-order valence-electron chi connectivity index (χ1n) is 13.1. The minimum absolute atomic E-state index is 0.187. The fraction of sp³-hybridized carbons (Fsp3) is 0.290.